The van der Waals surface area contributed by atoms with Crippen molar-refractivity contribution in [2.75, 3.05) is 0 Å². The Bertz CT molecular complexity index is 1140. The zero-order valence-electron chi connectivity index (χ0n) is 18.1. The summed E-state index contributed by atoms with van der Waals surface area (Å²) in [5.41, 5.74) is 7.11. The molecule has 0 aliphatic carbocycles. The fourth-order valence-electron chi connectivity index (χ4n) is 3.93. The summed E-state index contributed by atoms with van der Waals surface area (Å²) in [5, 5.41) is 2.82. The molecule has 0 aliphatic heterocycles. The van der Waals surface area contributed by atoms with Crippen molar-refractivity contribution in [3.63, 3.8) is 0 Å². The molecule has 1 aromatic heterocycles. The zero-order chi connectivity index (χ0) is 20.3. The summed E-state index contributed by atoms with van der Waals surface area (Å²) in [6.07, 6.45) is 0. The third-order valence-corrected chi connectivity index (χ3v) is 6.83. The molecular weight excluding hydrogens is 356 g/mol. The highest BCUT2D eigenvalue weighted by atomic mass is 32.1. The second-order valence-electron chi connectivity index (χ2n) is 10.0. The van der Waals surface area contributed by atoms with Crippen molar-refractivity contribution in [2.45, 2.75) is 59.3 Å². The third-order valence-electron chi connectivity index (χ3n) is 5.71. The maximum absolute atomic E-state index is 2.41. The molecule has 0 atom stereocenters. The smallest absolute Gasteiger partial charge is 0.0361 e. The Morgan fingerprint density at radius 2 is 1.18 bits per heavy atom. The number of fused-ring (bicyclic) bond motifs is 3. The summed E-state index contributed by atoms with van der Waals surface area (Å²) in [6, 6.07) is 20.7. The molecule has 0 saturated carbocycles. The van der Waals surface area contributed by atoms with Gasteiger partial charge in [0.2, 0.25) is 0 Å². The van der Waals surface area contributed by atoms with E-state index in [1.165, 1.54) is 48.0 Å². The maximum Gasteiger partial charge on any atom is 0.0361 e. The van der Waals surface area contributed by atoms with E-state index in [1.54, 1.807) is 0 Å². The van der Waals surface area contributed by atoms with Gasteiger partial charge in [-0.15, -0.1) is 11.3 Å². The fraction of sp³-hybridized carbons (Fsp3) is 0.333. The fourth-order valence-corrected chi connectivity index (χ4v) is 5.14. The first-order valence-electron chi connectivity index (χ1n) is 10.1. The Labute approximate surface area is 173 Å². The van der Waals surface area contributed by atoms with Crippen LogP contribution in [0.5, 0.6) is 0 Å². The molecule has 0 saturated heterocycles. The van der Waals surface area contributed by atoms with Crippen molar-refractivity contribution in [2.24, 2.45) is 0 Å². The molecule has 0 bridgehead atoms. The Morgan fingerprint density at radius 3 is 1.75 bits per heavy atom. The normalized spacial score (nSPS) is 12.8. The predicted molar refractivity (Wildman–Crippen MR) is 127 cm³/mol. The van der Waals surface area contributed by atoms with Gasteiger partial charge in [-0.25, -0.2) is 0 Å². The second-order valence-corrected chi connectivity index (χ2v) is 11.1. The topological polar surface area (TPSA) is 0 Å². The van der Waals surface area contributed by atoms with Gasteiger partial charge in [-0.3, -0.25) is 0 Å². The van der Waals surface area contributed by atoms with Crippen LogP contribution in [-0.4, -0.2) is 0 Å². The lowest BCUT2D eigenvalue weighted by molar-refractivity contribution is 0.569. The van der Waals surface area contributed by atoms with Gasteiger partial charge in [0.15, 0.2) is 0 Å². The van der Waals surface area contributed by atoms with Crippen LogP contribution in [0.1, 0.15) is 58.2 Å². The van der Waals surface area contributed by atoms with Crippen molar-refractivity contribution in [1.29, 1.82) is 0 Å². The molecular formula is C27H30S. The molecule has 1 heterocycles. The maximum atomic E-state index is 2.41. The minimum atomic E-state index is 0.122. The van der Waals surface area contributed by atoms with E-state index in [2.05, 4.69) is 103 Å². The van der Waals surface area contributed by atoms with E-state index in [-0.39, 0.29) is 10.8 Å². The van der Waals surface area contributed by atoms with Gasteiger partial charge in [-0.1, -0.05) is 84.0 Å². The van der Waals surface area contributed by atoms with Crippen LogP contribution < -0.4 is 0 Å². The molecule has 28 heavy (non-hydrogen) atoms. The minimum absolute atomic E-state index is 0.122. The van der Waals surface area contributed by atoms with Gasteiger partial charge in [0.1, 0.15) is 0 Å². The minimum Gasteiger partial charge on any atom is -0.135 e. The predicted octanol–water partition coefficient (Wildman–Crippen LogP) is 8.62. The Hall–Kier alpha value is -2.12. The monoisotopic (exact) mass is 386 g/mol. The molecule has 4 aromatic rings. The average Bonchev–Trinajstić information content (AvgIpc) is 2.99. The molecule has 0 fully saturated rings. The summed E-state index contributed by atoms with van der Waals surface area (Å²) in [4.78, 5) is 0. The van der Waals surface area contributed by atoms with Crippen LogP contribution in [0.15, 0.2) is 54.6 Å². The van der Waals surface area contributed by atoms with E-state index < -0.39 is 0 Å². The van der Waals surface area contributed by atoms with Crippen molar-refractivity contribution in [3.8, 4) is 11.1 Å². The number of aryl methyl sites for hydroxylation is 1. The van der Waals surface area contributed by atoms with Crippen molar-refractivity contribution >= 4 is 31.5 Å². The molecule has 4 rings (SSSR count). The van der Waals surface area contributed by atoms with Gasteiger partial charge in [0, 0.05) is 20.2 Å². The first-order valence-corrected chi connectivity index (χ1v) is 10.9. The van der Waals surface area contributed by atoms with Crippen LogP contribution in [0.2, 0.25) is 0 Å². The molecule has 0 radical (unpaired) electrons. The molecule has 144 valence electrons. The van der Waals surface area contributed by atoms with Crippen LogP contribution >= 0.6 is 11.3 Å². The number of hydrogen-bond donors (Lipinski definition) is 0. The van der Waals surface area contributed by atoms with Crippen molar-refractivity contribution in [3.05, 3.63) is 71.3 Å². The molecule has 0 N–H and O–H groups in total. The van der Waals surface area contributed by atoms with E-state index >= 15 is 0 Å². The highest BCUT2D eigenvalue weighted by molar-refractivity contribution is 7.26. The van der Waals surface area contributed by atoms with E-state index in [0.29, 0.717) is 0 Å². The lowest BCUT2D eigenvalue weighted by Gasteiger charge is -2.26. The zero-order valence-corrected chi connectivity index (χ0v) is 18.9. The van der Waals surface area contributed by atoms with Gasteiger partial charge in [-0.2, -0.15) is 0 Å². The lowest BCUT2D eigenvalue weighted by atomic mass is 9.78. The Morgan fingerprint density at radius 1 is 0.643 bits per heavy atom. The number of benzene rings is 3. The summed E-state index contributed by atoms with van der Waals surface area (Å²) >= 11 is 1.90. The van der Waals surface area contributed by atoms with Crippen LogP contribution in [0, 0.1) is 6.92 Å². The lowest BCUT2D eigenvalue weighted by Crippen LogP contribution is -2.16. The summed E-state index contributed by atoms with van der Waals surface area (Å²) in [7, 11) is 0. The van der Waals surface area contributed by atoms with E-state index in [4.69, 9.17) is 0 Å². The van der Waals surface area contributed by atoms with E-state index in [9.17, 15) is 0 Å². The van der Waals surface area contributed by atoms with Gasteiger partial charge in [0.25, 0.3) is 0 Å². The SMILES string of the molecule is Cc1cccc2sc3cccc(-c4cc(C(C)(C)C)cc(C(C)(C)C)c4)c3c12. The summed E-state index contributed by atoms with van der Waals surface area (Å²) in [5.74, 6) is 0. The largest absolute Gasteiger partial charge is 0.135 e. The van der Waals surface area contributed by atoms with E-state index in [0.717, 1.165) is 0 Å². The molecule has 0 nitrogen and oxygen atoms in total. The Kier molecular flexibility index (Phi) is 4.43. The summed E-state index contributed by atoms with van der Waals surface area (Å²) in [6.45, 7) is 16.1. The quantitative estimate of drug-likeness (QED) is 0.307. The highest BCUT2D eigenvalue weighted by Crippen LogP contribution is 2.43. The van der Waals surface area contributed by atoms with Gasteiger partial charge in [-0.05, 0) is 57.7 Å². The van der Waals surface area contributed by atoms with Crippen LogP contribution in [0.3, 0.4) is 0 Å². The highest BCUT2D eigenvalue weighted by Gasteiger charge is 2.22. The van der Waals surface area contributed by atoms with Crippen LogP contribution in [0.4, 0.5) is 0 Å². The summed E-state index contributed by atoms with van der Waals surface area (Å²) < 4.78 is 2.76. The van der Waals surface area contributed by atoms with Gasteiger partial charge >= 0.3 is 0 Å². The molecule has 0 amide bonds. The molecule has 1 heteroatoms. The Balaban J connectivity index is 2.09. The number of rotatable bonds is 1. The number of thiophene rings is 1. The average molecular weight is 387 g/mol. The van der Waals surface area contributed by atoms with Crippen LogP contribution in [-0.2, 0) is 10.8 Å². The standard InChI is InChI=1S/C27H30S/c1-17-10-8-12-22-24(17)25-21(11-9-13-23(25)28-22)18-14-19(26(2,3)4)16-20(15-18)27(5,6)7/h8-16H,1-7H3. The first-order chi connectivity index (χ1) is 13.1. The molecule has 0 aliphatic rings. The van der Waals surface area contributed by atoms with Crippen LogP contribution in [0.25, 0.3) is 31.3 Å². The second kappa shape index (κ2) is 6.46. The van der Waals surface area contributed by atoms with E-state index in [1.807, 2.05) is 11.3 Å². The van der Waals surface area contributed by atoms with Crippen molar-refractivity contribution < 1.29 is 0 Å². The molecule has 3 aromatic carbocycles. The molecule has 0 spiro atoms. The number of hydrogen-bond acceptors (Lipinski definition) is 1. The third kappa shape index (κ3) is 3.26. The van der Waals surface area contributed by atoms with Crippen molar-refractivity contribution in [1.82, 2.24) is 0 Å². The van der Waals surface area contributed by atoms with Gasteiger partial charge < -0.3 is 0 Å². The first kappa shape index (κ1) is 19.2. The molecule has 0 unspecified atom stereocenters. The van der Waals surface area contributed by atoms with Gasteiger partial charge in [0.05, 0.1) is 0 Å².